The van der Waals surface area contributed by atoms with Crippen LogP contribution in [0.25, 0.3) is 16.9 Å². The van der Waals surface area contributed by atoms with Gasteiger partial charge in [-0.15, -0.1) is 0 Å². The first-order valence-electron chi connectivity index (χ1n) is 8.63. The topological polar surface area (TPSA) is 50.9 Å². The molecule has 2 aromatic heterocycles. The maximum Gasteiger partial charge on any atom is 0.165 e. The van der Waals surface area contributed by atoms with E-state index in [-0.39, 0.29) is 0 Å². The van der Waals surface area contributed by atoms with E-state index in [2.05, 4.69) is 38.8 Å². The Bertz CT molecular complexity index is 884. The summed E-state index contributed by atoms with van der Waals surface area (Å²) in [6.07, 6.45) is 3.97. The normalized spacial score (nSPS) is 15.7. The molecule has 0 spiro atoms. The maximum absolute atomic E-state index is 10.3. The molecule has 1 aromatic carbocycles. The first-order valence-corrected chi connectivity index (χ1v) is 8.63. The van der Waals surface area contributed by atoms with Crippen molar-refractivity contribution in [3.63, 3.8) is 0 Å². The van der Waals surface area contributed by atoms with Gasteiger partial charge in [-0.2, -0.15) is 0 Å². The second-order valence-electron chi connectivity index (χ2n) is 7.31. The summed E-state index contributed by atoms with van der Waals surface area (Å²) in [6.45, 7) is 5.50. The summed E-state index contributed by atoms with van der Waals surface area (Å²) in [5, 5.41) is 10.3. The molecule has 24 heavy (non-hydrogen) atoms. The van der Waals surface area contributed by atoms with E-state index in [1.54, 1.807) is 13.8 Å². The first kappa shape index (κ1) is 15.3. The molecule has 0 aliphatic heterocycles. The molecule has 1 saturated carbocycles. The smallest absolute Gasteiger partial charge is 0.165 e. The number of aliphatic hydroxyl groups is 1. The van der Waals surface area contributed by atoms with Crippen molar-refractivity contribution in [2.24, 2.45) is 0 Å². The van der Waals surface area contributed by atoms with E-state index < -0.39 is 5.60 Å². The molecule has 3 aromatic rings. The third-order valence-electron chi connectivity index (χ3n) is 5.03. The van der Waals surface area contributed by atoms with Crippen molar-refractivity contribution in [1.29, 1.82) is 0 Å². The zero-order valence-electron chi connectivity index (χ0n) is 14.5. The number of fused-ring (bicyclic) bond motifs is 1. The predicted octanol–water partition coefficient (Wildman–Crippen LogP) is 4.22. The third-order valence-corrected chi connectivity index (χ3v) is 5.03. The Morgan fingerprint density at radius 2 is 1.75 bits per heavy atom. The lowest BCUT2D eigenvalue weighted by atomic mass is 9.80. The van der Waals surface area contributed by atoms with E-state index >= 15 is 0 Å². The number of hydrogen-bond donors (Lipinski definition) is 1. The Hall–Kier alpha value is -2.20. The Labute approximate surface area is 142 Å². The summed E-state index contributed by atoms with van der Waals surface area (Å²) in [7, 11) is 0. The van der Waals surface area contributed by atoms with Gasteiger partial charge in [-0.1, -0.05) is 18.6 Å². The highest BCUT2D eigenvalue weighted by molar-refractivity contribution is 5.74. The molecule has 124 valence electrons. The van der Waals surface area contributed by atoms with E-state index in [0.29, 0.717) is 5.69 Å². The molecule has 0 unspecified atom stereocenters. The lowest BCUT2D eigenvalue weighted by Crippen LogP contribution is -2.17. The molecule has 1 N–H and O–H groups in total. The zero-order chi connectivity index (χ0) is 16.9. The van der Waals surface area contributed by atoms with Crippen LogP contribution < -0.4 is 0 Å². The Morgan fingerprint density at radius 3 is 2.33 bits per heavy atom. The van der Waals surface area contributed by atoms with Gasteiger partial charge in [0.2, 0.25) is 0 Å². The molecule has 1 fully saturated rings. The molecule has 2 heterocycles. The van der Waals surface area contributed by atoms with Crippen LogP contribution in [0.2, 0.25) is 0 Å². The number of aryl methyl sites for hydroxylation is 1. The summed E-state index contributed by atoms with van der Waals surface area (Å²) < 4.78 is 2.06. The molecule has 1 aliphatic carbocycles. The van der Waals surface area contributed by atoms with Crippen LogP contribution in [-0.2, 0) is 5.60 Å². The van der Waals surface area contributed by atoms with Crippen molar-refractivity contribution in [3.8, 4) is 5.69 Å². The Kier molecular flexibility index (Phi) is 3.46. The van der Waals surface area contributed by atoms with Gasteiger partial charge in [-0.3, -0.25) is 4.57 Å². The average Bonchev–Trinajstić information content (AvgIpc) is 2.80. The van der Waals surface area contributed by atoms with Gasteiger partial charge < -0.3 is 5.11 Å². The van der Waals surface area contributed by atoms with Gasteiger partial charge in [0, 0.05) is 5.69 Å². The molecular formula is C20H23N3O. The molecule has 4 rings (SSSR count). The number of nitrogens with zero attached hydrogens (tertiary/aromatic N) is 3. The molecule has 1 aliphatic rings. The monoisotopic (exact) mass is 321 g/mol. The largest absolute Gasteiger partial charge is 0.384 e. The fraction of sp³-hybridized carbons (Fsp3) is 0.400. The van der Waals surface area contributed by atoms with Crippen molar-refractivity contribution >= 4 is 11.2 Å². The third kappa shape index (κ3) is 2.51. The van der Waals surface area contributed by atoms with Crippen molar-refractivity contribution < 1.29 is 5.11 Å². The van der Waals surface area contributed by atoms with Gasteiger partial charge >= 0.3 is 0 Å². The van der Waals surface area contributed by atoms with Crippen molar-refractivity contribution in [1.82, 2.24) is 14.5 Å². The average molecular weight is 321 g/mol. The summed E-state index contributed by atoms with van der Waals surface area (Å²) in [5.41, 5.74) is 3.83. The van der Waals surface area contributed by atoms with Gasteiger partial charge in [0.25, 0.3) is 0 Å². The van der Waals surface area contributed by atoms with Crippen LogP contribution in [-0.4, -0.2) is 19.6 Å². The quantitative estimate of drug-likeness (QED) is 0.785. The molecule has 0 radical (unpaired) electrons. The van der Waals surface area contributed by atoms with Crippen molar-refractivity contribution in [2.45, 2.75) is 51.6 Å². The highest BCUT2D eigenvalue weighted by Gasteiger charge is 2.21. The van der Waals surface area contributed by atoms with Crippen LogP contribution in [0.5, 0.6) is 0 Å². The fourth-order valence-corrected chi connectivity index (χ4v) is 3.36. The number of aromatic nitrogens is 3. The van der Waals surface area contributed by atoms with Crippen LogP contribution in [0.15, 0.2) is 36.4 Å². The summed E-state index contributed by atoms with van der Waals surface area (Å²) >= 11 is 0. The first-order chi connectivity index (χ1) is 11.4. The lowest BCUT2D eigenvalue weighted by Gasteiger charge is -2.25. The SMILES string of the molecule is Cc1nc2ccc(C(C)(C)O)nc2n1-c1ccc(C2CCC2)cc1. The zero-order valence-corrected chi connectivity index (χ0v) is 14.5. The van der Waals surface area contributed by atoms with Crippen LogP contribution in [0.1, 0.15) is 56.1 Å². The summed E-state index contributed by atoms with van der Waals surface area (Å²) in [5.74, 6) is 1.64. The van der Waals surface area contributed by atoms with Crippen LogP contribution >= 0.6 is 0 Å². The molecule has 0 amide bonds. The fourth-order valence-electron chi connectivity index (χ4n) is 3.36. The Morgan fingerprint density at radius 1 is 1.04 bits per heavy atom. The van der Waals surface area contributed by atoms with E-state index in [9.17, 15) is 5.11 Å². The minimum Gasteiger partial charge on any atom is -0.384 e. The molecule has 0 bridgehead atoms. The minimum absolute atomic E-state index is 0.655. The van der Waals surface area contributed by atoms with Gasteiger partial charge in [-0.25, -0.2) is 9.97 Å². The summed E-state index contributed by atoms with van der Waals surface area (Å²) in [4.78, 5) is 9.30. The minimum atomic E-state index is -0.967. The number of rotatable bonds is 3. The van der Waals surface area contributed by atoms with E-state index in [4.69, 9.17) is 0 Å². The molecule has 4 heteroatoms. The van der Waals surface area contributed by atoms with Crippen LogP contribution in [0.4, 0.5) is 0 Å². The number of benzene rings is 1. The van der Waals surface area contributed by atoms with Crippen molar-refractivity contribution in [3.05, 3.63) is 53.5 Å². The van der Waals surface area contributed by atoms with Crippen molar-refractivity contribution in [2.75, 3.05) is 0 Å². The van der Waals surface area contributed by atoms with E-state index in [1.807, 2.05) is 19.1 Å². The van der Waals surface area contributed by atoms with E-state index in [0.717, 1.165) is 28.6 Å². The predicted molar refractivity (Wildman–Crippen MR) is 95.4 cm³/mol. The van der Waals surface area contributed by atoms with E-state index in [1.165, 1.54) is 24.8 Å². The van der Waals surface area contributed by atoms with Crippen LogP contribution in [0.3, 0.4) is 0 Å². The second kappa shape index (κ2) is 5.42. The molecular weight excluding hydrogens is 298 g/mol. The molecule has 0 atom stereocenters. The second-order valence-corrected chi connectivity index (χ2v) is 7.31. The maximum atomic E-state index is 10.3. The number of hydrogen-bond acceptors (Lipinski definition) is 3. The standard InChI is InChI=1S/C20H23N3O/c1-13-21-17-11-12-18(20(2,3)24)22-19(17)23(13)16-9-7-15(8-10-16)14-5-4-6-14/h7-12,14,24H,4-6H2,1-3H3. The summed E-state index contributed by atoms with van der Waals surface area (Å²) in [6, 6.07) is 12.5. The van der Waals surface area contributed by atoms with Gasteiger partial charge in [-0.05, 0) is 69.4 Å². The highest BCUT2D eigenvalue weighted by atomic mass is 16.3. The van der Waals surface area contributed by atoms with Gasteiger partial charge in [0.1, 0.15) is 16.9 Å². The van der Waals surface area contributed by atoms with Gasteiger partial charge in [0.05, 0.1) is 5.69 Å². The molecule has 0 saturated heterocycles. The Balaban J connectivity index is 1.81. The number of imidazole rings is 1. The lowest BCUT2D eigenvalue weighted by molar-refractivity contribution is 0.0741. The molecule has 4 nitrogen and oxygen atoms in total. The number of pyridine rings is 1. The highest BCUT2D eigenvalue weighted by Crippen LogP contribution is 2.36. The van der Waals surface area contributed by atoms with Gasteiger partial charge in [0.15, 0.2) is 5.65 Å². The van der Waals surface area contributed by atoms with Crippen LogP contribution in [0, 0.1) is 6.92 Å².